The number of halogens is 2. The number of nitrogens with zero attached hydrogens (tertiary/aromatic N) is 1. The molecule has 1 unspecified atom stereocenters. The summed E-state index contributed by atoms with van der Waals surface area (Å²) in [5, 5.41) is 22.8. The molecular formula is C32H38F2N2O5S. The van der Waals surface area contributed by atoms with Gasteiger partial charge in [-0.25, -0.2) is 17.2 Å². The van der Waals surface area contributed by atoms with E-state index in [2.05, 4.69) is 43.4 Å². The van der Waals surface area contributed by atoms with Crippen LogP contribution in [0.4, 0.5) is 8.78 Å². The van der Waals surface area contributed by atoms with E-state index in [-0.39, 0.29) is 53.1 Å². The van der Waals surface area contributed by atoms with Crippen molar-refractivity contribution < 1.29 is 32.2 Å². The molecule has 7 nitrogen and oxygen atoms in total. The lowest BCUT2D eigenvalue weighted by Gasteiger charge is -2.31. The van der Waals surface area contributed by atoms with Gasteiger partial charge in [-0.1, -0.05) is 42.5 Å². The summed E-state index contributed by atoms with van der Waals surface area (Å²) in [5.41, 5.74) is 2.91. The minimum atomic E-state index is -4.11. The van der Waals surface area contributed by atoms with Crippen molar-refractivity contribution >= 4 is 16.0 Å². The first-order valence-corrected chi connectivity index (χ1v) is 15.5. The second-order valence-electron chi connectivity index (χ2n) is 11.8. The van der Waals surface area contributed by atoms with Crippen LogP contribution in [0.15, 0.2) is 65.6 Å². The van der Waals surface area contributed by atoms with Crippen LogP contribution in [0.2, 0.25) is 0 Å². The Morgan fingerprint density at radius 3 is 2.31 bits per heavy atom. The summed E-state index contributed by atoms with van der Waals surface area (Å²) < 4.78 is 56.8. The van der Waals surface area contributed by atoms with Gasteiger partial charge in [-0.05, 0) is 85.9 Å². The number of aliphatic carboxylic acids is 1. The van der Waals surface area contributed by atoms with Crippen molar-refractivity contribution in [2.75, 3.05) is 20.1 Å². The molecule has 226 valence electrons. The van der Waals surface area contributed by atoms with Gasteiger partial charge in [0.2, 0.25) is 10.0 Å². The minimum Gasteiger partial charge on any atom is -0.481 e. The summed E-state index contributed by atoms with van der Waals surface area (Å²) in [5.74, 6) is -2.07. The molecule has 0 fully saturated rings. The molecule has 0 aromatic heterocycles. The first-order chi connectivity index (χ1) is 19.7. The molecule has 0 amide bonds. The largest absolute Gasteiger partial charge is 0.481 e. The van der Waals surface area contributed by atoms with E-state index < -0.39 is 33.7 Å². The SMILES string of the molecule is CN(CC(O)CNC(C)(C)CC1Cc2ccccc2C1)S(=O)(=O)c1ccc(-c2ccc(CCC(=O)O)c(F)c2)c(F)c1. The molecule has 3 aromatic rings. The lowest BCUT2D eigenvalue weighted by atomic mass is 9.88. The van der Waals surface area contributed by atoms with Gasteiger partial charge in [-0.15, -0.1) is 0 Å². The van der Waals surface area contributed by atoms with Crippen LogP contribution in [-0.2, 0) is 34.1 Å². The molecular weight excluding hydrogens is 562 g/mol. The summed E-state index contributed by atoms with van der Waals surface area (Å²) >= 11 is 0. The van der Waals surface area contributed by atoms with Gasteiger partial charge in [0.15, 0.2) is 0 Å². The van der Waals surface area contributed by atoms with Crippen LogP contribution in [0.3, 0.4) is 0 Å². The topological polar surface area (TPSA) is 107 Å². The number of rotatable bonds is 13. The van der Waals surface area contributed by atoms with Crippen LogP contribution in [0.25, 0.3) is 11.1 Å². The summed E-state index contributed by atoms with van der Waals surface area (Å²) in [6, 6.07) is 15.8. The van der Waals surface area contributed by atoms with Gasteiger partial charge in [0, 0.05) is 37.7 Å². The van der Waals surface area contributed by atoms with Gasteiger partial charge in [0.25, 0.3) is 0 Å². The number of fused-ring (bicyclic) bond motifs is 1. The fourth-order valence-corrected chi connectivity index (χ4v) is 6.89. The molecule has 1 aliphatic rings. The van der Waals surface area contributed by atoms with Gasteiger partial charge in [0.05, 0.1) is 11.0 Å². The summed E-state index contributed by atoms with van der Waals surface area (Å²) in [6.45, 7) is 4.15. The fourth-order valence-electron chi connectivity index (χ4n) is 5.67. The monoisotopic (exact) mass is 600 g/mol. The molecule has 10 heteroatoms. The Morgan fingerprint density at radius 1 is 1.05 bits per heavy atom. The predicted molar refractivity (Wildman–Crippen MR) is 158 cm³/mol. The highest BCUT2D eigenvalue weighted by atomic mass is 32.2. The van der Waals surface area contributed by atoms with Gasteiger partial charge in [-0.2, -0.15) is 4.31 Å². The first-order valence-electron chi connectivity index (χ1n) is 14.0. The maximum absolute atomic E-state index is 15.0. The van der Waals surface area contributed by atoms with Crippen LogP contribution >= 0.6 is 0 Å². The van der Waals surface area contributed by atoms with E-state index in [1.54, 1.807) is 0 Å². The van der Waals surface area contributed by atoms with Crippen molar-refractivity contribution in [2.45, 2.75) is 62.5 Å². The lowest BCUT2D eigenvalue weighted by molar-refractivity contribution is -0.136. The molecule has 0 saturated heterocycles. The minimum absolute atomic E-state index is 0.00161. The fraction of sp³-hybridized carbons (Fsp3) is 0.406. The van der Waals surface area contributed by atoms with Crippen molar-refractivity contribution in [2.24, 2.45) is 5.92 Å². The molecule has 42 heavy (non-hydrogen) atoms. The molecule has 4 rings (SSSR count). The molecule has 0 aliphatic heterocycles. The number of aliphatic hydroxyl groups excluding tert-OH is 1. The number of aliphatic hydroxyl groups is 1. The highest BCUT2D eigenvalue weighted by molar-refractivity contribution is 7.89. The summed E-state index contributed by atoms with van der Waals surface area (Å²) in [6.07, 6.45) is 1.73. The van der Waals surface area contributed by atoms with E-state index in [9.17, 15) is 22.7 Å². The normalized spacial score (nSPS) is 14.7. The summed E-state index contributed by atoms with van der Waals surface area (Å²) in [4.78, 5) is 10.5. The Kier molecular flexibility index (Phi) is 9.82. The molecule has 0 radical (unpaired) electrons. The molecule has 3 N–H and O–H groups in total. The Hall–Kier alpha value is -3.18. The van der Waals surface area contributed by atoms with E-state index in [1.807, 2.05) is 0 Å². The van der Waals surface area contributed by atoms with Crippen molar-refractivity contribution in [3.63, 3.8) is 0 Å². The molecule has 0 saturated carbocycles. The second kappa shape index (κ2) is 13.0. The lowest BCUT2D eigenvalue weighted by Crippen LogP contribution is -2.47. The van der Waals surface area contributed by atoms with Gasteiger partial charge >= 0.3 is 5.97 Å². The van der Waals surface area contributed by atoms with E-state index in [0.29, 0.717) is 5.92 Å². The van der Waals surface area contributed by atoms with E-state index in [1.165, 1.54) is 42.4 Å². The zero-order valence-corrected chi connectivity index (χ0v) is 24.9. The Labute approximate surface area is 246 Å². The number of hydrogen-bond donors (Lipinski definition) is 3. The highest BCUT2D eigenvalue weighted by Crippen LogP contribution is 2.32. The van der Waals surface area contributed by atoms with Gasteiger partial charge < -0.3 is 15.5 Å². The Balaban J connectivity index is 1.34. The average molecular weight is 601 g/mol. The highest BCUT2D eigenvalue weighted by Gasteiger charge is 2.29. The number of carboxylic acid groups (broad SMARTS) is 1. The Bertz CT molecular complexity index is 1520. The van der Waals surface area contributed by atoms with Crippen molar-refractivity contribution in [3.05, 3.63) is 89.0 Å². The van der Waals surface area contributed by atoms with Crippen LogP contribution in [0, 0.1) is 17.6 Å². The average Bonchev–Trinajstić information content (AvgIpc) is 3.32. The van der Waals surface area contributed by atoms with E-state index in [0.717, 1.165) is 35.7 Å². The van der Waals surface area contributed by atoms with Crippen LogP contribution in [-0.4, -0.2) is 60.7 Å². The van der Waals surface area contributed by atoms with Crippen molar-refractivity contribution in [3.8, 4) is 11.1 Å². The number of sulfonamides is 1. The first kappa shape index (κ1) is 31.7. The molecule has 3 aromatic carbocycles. The third kappa shape index (κ3) is 7.80. The zero-order valence-electron chi connectivity index (χ0n) is 24.1. The van der Waals surface area contributed by atoms with Gasteiger partial charge in [-0.3, -0.25) is 4.79 Å². The number of β-amino-alcohol motifs (C(OH)–C–C–N with tert-alkyl or cyclic N) is 1. The number of carboxylic acids is 1. The number of hydrogen-bond acceptors (Lipinski definition) is 5. The van der Waals surface area contributed by atoms with E-state index in [4.69, 9.17) is 5.11 Å². The third-order valence-electron chi connectivity index (χ3n) is 7.84. The van der Waals surface area contributed by atoms with Crippen molar-refractivity contribution in [1.82, 2.24) is 9.62 Å². The van der Waals surface area contributed by atoms with Crippen LogP contribution in [0.5, 0.6) is 0 Å². The van der Waals surface area contributed by atoms with Gasteiger partial charge in [0.1, 0.15) is 11.6 Å². The third-order valence-corrected chi connectivity index (χ3v) is 9.66. The standard InChI is InChI=1S/C32H38F2N2O5S/c1-32(2,18-21-14-23-6-4-5-7-24(23)15-21)35-19-26(37)20-36(3)42(40,41)27-11-12-28(30(34)17-27)25-9-8-22(29(33)16-25)10-13-31(38)39/h4-9,11-12,16-17,21,26,35,37H,10,13-15,18-20H2,1-3H3,(H,38,39). The number of likely N-dealkylation sites (N-methyl/N-ethyl adjacent to an activating group) is 1. The number of benzene rings is 3. The second-order valence-corrected chi connectivity index (χ2v) is 13.8. The maximum Gasteiger partial charge on any atom is 0.303 e. The predicted octanol–water partition coefficient (Wildman–Crippen LogP) is 4.80. The molecule has 1 aliphatic carbocycles. The van der Waals surface area contributed by atoms with Crippen LogP contribution < -0.4 is 5.32 Å². The number of nitrogens with one attached hydrogen (secondary N) is 1. The molecule has 0 spiro atoms. The smallest absolute Gasteiger partial charge is 0.303 e. The van der Waals surface area contributed by atoms with Crippen molar-refractivity contribution in [1.29, 1.82) is 0 Å². The zero-order chi connectivity index (χ0) is 30.7. The maximum atomic E-state index is 15.0. The van der Waals surface area contributed by atoms with Crippen LogP contribution in [0.1, 0.15) is 43.4 Å². The molecule has 0 heterocycles. The number of aryl methyl sites for hydroxylation is 1. The Morgan fingerprint density at radius 2 is 1.71 bits per heavy atom. The van der Waals surface area contributed by atoms with E-state index >= 15 is 4.39 Å². The summed E-state index contributed by atoms with van der Waals surface area (Å²) in [7, 11) is -2.78. The quantitative estimate of drug-likeness (QED) is 0.260. The molecule has 0 bridgehead atoms. The molecule has 1 atom stereocenters. The number of carbonyl (C=O) groups is 1.